The Kier molecular flexibility index (Phi) is 3.63. The van der Waals surface area contributed by atoms with Gasteiger partial charge in [-0.05, 0) is 41.3 Å². The Bertz CT molecular complexity index is 855. The van der Waals surface area contributed by atoms with Gasteiger partial charge in [0.15, 0.2) is 0 Å². The third-order valence-corrected chi connectivity index (χ3v) is 3.54. The van der Waals surface area contributed by atoms with E-state index in [1.54, 1.807) is 22.9 Å². The average molecular weight is 301 g/mol. The summed E-state index contributed by atoms with van der Waals surface area (Å²) < 4.78 is 28.8. The van der Waals surface area contributed by atoms with Crippen LogP contribution in [0, 0.1) is 11.6 Å². The van der Waals surface area contributed by atoms with Crippen LogP contribution < -0.4 is 0 Å². The van der Waals surface area contributed by atoms with Crippen molar-refractivity contribution in [2.45, 2.75) is 13.0 Å². The largest absolute Gasteiger partial charge is 0.481 e. The zero-order valence-corrected chi connectivity index (χ0v) is 11.6. The van der Waals surface area contributed by atoms with Crippen molar-refractivity contribution in [3.63, 3.8) is 0 Å². The second-order valence-corrected chi connectivity index (χ2v) is 5.14. The molecule has 0 amide bonds. The summed E-state index contributed by atoms with van der Waals surface area (Å²) in [5, 5.41) is 9.79. The van der Waals surface area contributed by atoms with E-state index in [1.807, 2.05) is 12.1 Å². The van der Waals surface area contributed by atoms with Crippen LogP contribution in [0.5, 0.6) is 0 Å². The Balaban J connectivity index is 1.99. The van der Waals surface area contributed by atoms with Crippen LogP contribution in [-0.4, -0.2) is 15.6 Å². The minimum Gasteiger partial charge on any atom is -0.481 e. The zero-order chi connectivity index (χ0) is 15.7. The van der Waals surface area contributed by atoms with E-state index in [2.05, 4.69) is 0 Å². The fraction of sp³-hybridized carbons (Fsp3) is 0.118. The molecular weight excluding hydrogens is 288 g/mol. The number of nitrogens with zero attached hydrogens (tertiary/aromatic N) is 1. The first-order valence-corrected chi connectivity index (χ1v) is 6.76. The molecule has 22 heavy (non-hydrogen) atoms. The summed E-state index contributed by atoms with van der Waals surface area (Å²) in [5.41, 5.74) is 1.71. The van der Waals surface area contributed by atoms with Crippen molar-refractivity contribution in [2.75, 3.05) is 0 Å². The van der Waals surface area contributed by atoms with Crippen molar-refractivity contribution >= 4 is 16.9 Å². The number of hydrogen-bond donors (Lipinski definition) is 1. The summed E-state index contributed by atoms with van der Waals surface area (Å²) in [7, 11) is 0. The molecule has 0 unspecified atom stereocenters. The quantitative estimate of drug-likeness (QED) is 0.800. The van der Waals surface area contributed by atoms with Gasteiger partial charge in [-0.1, -0.05) is 12.1 Å². The van der Waals surface area contributed by atoms with Crippen LogP contribution in [-0.2, 0) is 17.8 Å². The first-order valence-electron chi connectivity index (χ1n) is 6.76. The molecule has 1 heterocycles. The summed E-state index contributed by atoms with van der Waals surface area (Å²) in [6.45, 7) is 0.184. The summed E-state index contributed by atoms with van der Waals surface area (Å²) in [4.78, 5) is 10.8. The minimum absolute atomic E-state index is 0.0740. The molecule has 1 aromatic heterocycles. The Morgan fingerprint density at radius 2 is 1.91 bits per heavy atom. The number of carbonyl (C=O) groups is 1. The third kappa shape index (κ3) is 2.83. The minimum atomic E-state index is -0.909. The number of aromatic nitrogens is 1. The van der Waals surface area contributed by atoms with Crippen molar-refractivity contribution in [2.24, 2.45) is 0 Å². The molecule has 5 heteroatoms. The number of hydrogen-bond acceptors (Lipinski definition) is 1. The molecule has 0 fully saturated rings. The SMILES string of the molecule is O=C(O)Cc1ccc2ccn(Cc3cc(F)ccc3F)c2c1. The van der Waals surface area contributed by atoms with E-state index in [-0.39, 0.29) is 18.5 Å². The van der Waals surface area contributed by atoms with Crippen molar-refractivity contribution in [3.05, 3.63) is 71.4 Å². The fourth-order valence-electron chi connectivity index (χ4n) is 2.50. The number of aliphatic carboxylic acids is 1. The van der Waals surface area contributed by atoms with Crippen LogP contribution in [0.15, 0.2) is 48.7 Å². The van der Waals surface area contributed by atoms with Crippen LogP contribution >= 0.6 is 0 Å². The molecule has 3 rings (SSSR count). The van der Waals surface area contributed by atoms with E-state index in [0.717, 1.165) is 23.0 Å². The highest BCUT2D eigenvalue weighted by Gasteiger charge is 2.09. The molecule has 0 bridgehead atoms. The van der Waals surface area contributed by atoms with Gasteiger partial charge in [0.05, 0.1) is 13.0 Å². The Labute approximate surface area is 125 Å². The van der Waals surface area contributed by atoms with Gasteiger partial charge < -0.3 is 9.67 Å². The lowest BCUT2D eigenvalue weighted by Gasteiger charge is -2.08. The fourth-order valence-corrected chi connectivity index (χ4v) is 2.50. The molecular formula is C17H13F2NO2. The lowest BCUT2D eigenvalue weighted by Crippen LogP contribution is -2.03. The first kappa shape index (κ1) is 14.3. The van der Waals surface area contributed by atoms with Gasteiger partial charge >= 0.3 is 5.97 Å². The molecule has 0 aliphatic rings. The molecule has 0 saturated heterocycles. The van der Waals surface area contributed by atoms with Crippen molar-refractivity contribution in [3.8, 4) is 0 Å². The van der Waals surface area contributed by atoms with E-state index in [1.165, 1.54) is 6.07 Å². The monoisotopic (exact) mass is 301 g/mol. The summed E-state index contributed by atoms with van der Waals surface area (Å²) >= 11 is 0. The lowest BCUT2D eigenvalue weighted by molar-refractivity contribution is -0.136. The molecule has 1 N–H and O–H groups in total. The predicted molar refractivity (Wildman–Crippen MR) is 78.7 cm³/mol. The second kappa shape index (κ2) is 5.60. The maximum absolute atomic E-state index is 13.8. The highest BCUT2D eigenvalue weighted by Crippen LogP contribution is 2.20. The smallest absolute Gasteiger partial charge is 0.307 e. The van der Waals surface area contributed by atoms with Crippen molar-refractivity contribution in [1.82, 2.24) is 4.57 Å². The van der Waals surface area contributed by atoms with Gasteiger partial charge in [-0.3, -0.25) is 4.79 Å². The second-order valence-electron chi connectivity index (χ2n) is 5.14. The van der Waals surface area contributed by atoms with E-state index in [9.17, 15) is 13.6 Å². The molecule has 3 aromatic rings. The zero-order valence-electron chi connectivity index (χ0n) is 11.6. The van der Waals surface area contributed by atoms with Crippen LogP contribution in [0.4, 0.5) is 8.78 Å². The number of carboxylic acid groups (broad SMARTS) is 1. The molecule has 0 aliphatic heterocycles. The van der Waals surface area contributed by atoms with Crippen LogP contribution in [0.2, 0.25) is 0 Å². The average Bonchev–Trinajstić information content (AvgIpc) is 2.85. The van der Waals surface area contributed by atoms with Crippen LogP contribution in [0.25, 0.3) is 10.9 Å². The standard InChI is InChI=1S/C17H13F2NO2/c18-14-3-4-15(19)13(9-14)10-20-6-5-12-2-1-11(7-16(12)20)8-17(21)22/h1-7,9H,8,10H2,(H,21,22). The van der Waals surface area contributed by atoms with Gasteiger partial charge in [-0.15, -0.1) is 0 Å². The maximum atomic E-state index is 13.8. The topological polar surface area (TPSA) is 42.2 Å². The predicted octanol–water partition coefficient (Wildman–Crippen LogP) is 3.59. The number of carboxylic acids is 1. The molecule has 0 radical (unpaired) electrons. The number of fused-ring (bicyclic) bond motifs is 1. The van der Waals surface area contributed by atoms with Crippen LogP contribution in [0.3, 0.4) is 0 Å². The molecule has 3 nitrogen and oxygen atoms in total. The third-order valence-electron chi connectivity index (χ3n) is 3.54. The number of rotatable bonds is 4. The van der Waals surface area contributed by atoms with Gasteiger partial charge in [0.2, 0.25) is 0 Å². The van der Waals surface area contributed by atoms with Crippen LogP contribution in [0.1, 0.15) is 11.1 Å². The summed E-state index contributed by atoms with van der Waals surface area (Å²) in [6.07, 6.45) is 1.70. The van der Waals surface area contributed by atoms with E-state index < -0.39 is 17.6 Å². The molecule has 112 valence electrons. The van der Waals surface area contributed by atoms with Gasteiger partial charge in [-0.25, -0.2) is 8.78 Å². The number of halogens is 2. The Hall–Kier alpha value is -2.69. The van der Waals surface area contributed by atoms with Gasteiger partial charge in [0, 0.05) is 17.3 Å². The first-order chi connectivity index (χ1) is 10.5. The number of benzene rings is 2. The molecule has 2 aromatic carbocycles. The highest BCUT2D eigenvalue weighted by molar-refractivity contribution is 5.82. The summed E-state index contributed by atoms with van der Waals surface area (Å²) in [6, 6.07) is 10.6. The van der Waals surface area contributed by atoms with Gasteiger partial charge in [0.1, 0.15) is 11.6 Å². The lowest BCUT2D eigenvalue weighted by atomic mass is 10.1. The van der Waals surface area contributed by atoms with Crippen molar-refractivity contribution < 1.29 is 18.7 Å². The van der Waals surface area contributed by atoms with Crippen molar-refractivity contribution in [1.29, 1.82) is 0 Å². The summed E-state index contributed by atoms with van der Waals surface area (Å²) in [5.74, 6) is -1.86. The Morgan fingerprint density at radius 3 is 2.68 bits per heavy atom. The van der Waals surface area contributed by atoms with Gasteiger partial charge in [-0.2, -0.15) is 0 Å². The van der Waals surface area contributed by atoms with E-state index in [4.69, 9.17) is 5.11 Å². The molecule has 0 saturated carbocycles. The highest BCUT2D eigenvalue weighted by atomic mass is 19.1. The Morgan fingerprint density at radius 1 is 1.09 bits per heavy atom. The maximum Gasteiger partial charge on any atom is 0.307 e. The molecule has 0 spiro atoms. The molecule has 0 aliphatic carbocycles. The van der Waals surface area contributed by atoms with Gasteiger partial charge in [0.25, 0.3) is 0 Å². The normalized spacial score (nSPS) is 11.0. The molecule has 0 atom stereocenters. The van der Waals surface area contributed by atoms with E-state index in [0.29, 0.717) is 5.56 Å². The van der Waals surface area contributed by atoms with E-state index >= 15 is 0 Å².